The Morgan fingerprint density at radius 1 is 1.06 bits per heavy atom. The lowest BCUT2D eigenvalue weighted by molar-refractivity contribution is 1.48. The molecular weight excluding hydrogens is 264 g/mol. The van der Waals surface area contributed by atoms with E-state index in [1.165, 1.54) is 0 Å². The summed E-state index contributed by atoms with van der Waals surface area (Å²) in [5, 5.41) is 4.91. The van der Waals surface area contributed by atoms with Gasteiger partial charge in [0.1, 0.15) is 0 Å². The molecule has 86 valence electrons. The van der Waals surface area contributed by atoms with Crippen molar-refractivity contribution in [2.24, 2.45) is 4.99 Å². The quantitative estimate of drug-likeness (QED) is 0.361. The van der Waals surface area contributed by atoms with E-state index in [0.29, 0.717) is 5.02 Å². The topological polar surface area (TPSA) is 25.2 Å². The van der Waals surface area contributed by atoms with Gasteiger partial charge in [0.05, 0.1) is 21.9 Å². The second kappa shape index (κ2) is 4.46. The number of isothiocyanates is 1. The van der Waals surface area contributed by atoms with Crippen LogP contribution in [0.3, 0.4) is 0 Å². The summed E-state index contributed by atoms with van der Waals surface area (Å²) in [5.74, 6) is 0. The van der Waals surface area contributed by atoms with E-state index >= 15 is 0 Å². The van der Waals surface area contributed by atoms with Gasteiger partial charge in [-0.05, 0) is 36.5 Å². The molecule has 1 heterocycles. The number of hydrogen-bond donors (Lipinski definition) is 0. The molecule has 0 bridgehead atoms. The maximum Gasteiger partial charge on any atom is 0.0928 e. The molecule has 0 spiro atoms. The first-order chi connectivity index (χ1) is 8.79. The molecular formula is C14H7ClN2S. The predicted molar refractivity (Wildman–Crippen MR) is 78.9 cm³/mol. The summed E-state index contributed by atoms with van der Waals surface area (Å²) >= 11 is 10.7. The Morgan fingerprint density at radius 2 is 1.83 bits per heavy atom. The van der Waals surface area contributed by atoms with Gasteiger partial charge in [-0.1, -0.05) is 29.8 Å². The number of aliphatic imine (C=N–C) groups is 1. The zero-order chi connectivity index (χ0) is 12.5. The largest absolute Gasteiger partial charge is 0.248 e. The van der Waals surface area contributed by atoms with E-state index < -0.39 is 0 Å². The van der Waals surface area contributed by atoms with Gasteiger partial charge in [-0.3, -0.25) is 0 Å². The van der Waals surface area contributed by atoms with E-state index in [1.807, 2.05) is 42.5 Å². The maximum absolute atomic E-state index is 6.03. The van der Waals surface area contributed by atoms with Crippen LogP contribution in [0, 0.1) is 0 Å². The third-order valence-corrected chi connectivity index (χ3v) is 3.10. The number of para-hydroxylation sites is 1. The molecule has 0 saturated carbocycles. The van der Waals surface area contributed by atoms with Gasteiger partial charge in [-0.2, -0.15) is 4.99 Å². The Labute approximate surface area is 114 Å². The molecule has 0 radical (unpaired) electrons. The minimum Gasteiger partial charge on any atom is -0.248 e. The molecule has 18 heavy (non-hydrogen) atoms. The summed E-state index contributed by atoms with van der Waals surface area (Å²) < 4.78 is 0. The summed E-state index contributed by atoms with van der Waals surface area (Å²) in [6.07, 6.45) is 0. The van der Waals surface area contributed by atoms with Gasteiger partial charge in [-0.25, -0.2) is 4.98 Å². The van der Waals surface area contributed by atoms with Crippen molar-refractivity contribution in [3.63, 3.8) is 0 Å². The van der Waals surface area contributed by atoms with Gasteiger partial charge in [0.25, 0.3) is 0 Å². The van der Waals surface area contributed by atoms with Crippen molar-refractivity contribution in [1.29, 1.82) is 0 Å². The lowest BCUT2D eigenvalue weighted by Crippen LogP contribution is -1.84. The third kappa shape index (κ3) is 1.79. The van der Waals surface area contributed by atoms with Crippen molar-refractivity contribution in [3.05, 3.63) is 47.5 Å². The van der Waals surface area contributed by atoms with E-state index in [4.69, 9.17) is 23.8 Å². The average Bonchev–Trinajstić information content (AvgIpc) is 2.39. The molecule has 1 aromatic heterocycles. The lowest BCUT2D eigenvalue weighted by Gasteiger charge is -2.06. The SMILES string of the molecule is S=C=Nc1c2ccccc2nc2ccc(Cl)cc12. The number of rotatable bonds is 1. The van der Waals surface area contributed by atoms with Crippen molar-refractivity contribution < 1.29 is 0 Å². The number of pyridine rings is 1. The summed E-state index contributed by atoms with van der Waals surface area (Å²) in [5.41, 5.74) is 2.51. The molecule has 2 aromatic carbocycles. The first kappa shape index (κ1) is 11.3. The van der Waals surface area contributed by atoms with Crippen LogP contribution in [0.15, 0.2) is 47.5 Å². The highest BCUT2D eigenvalue weighted by atomic mass is 35.5. The van der Waals surface area contributed by atoms with E-state index in [1.54, 1.807) is 0 Å². The van der Waals surface area contributed by atoms with Crippen molar-refractivity contribution in [3.8, 4) is 0 Å². The molecule has 0 saturated heterocycles. The van der Waals surface area contributed by atoms with Gasteiger partial charge in [0.15, 0.2) is 0 Å². The molecule has 2 nitrogen and oxygen atoms in total. The number of aromatic nitrogens is 1. The van der Waals surface area contributed by atoms with Crippen LogP contribution in [0.25, 0.3) is 21.8 Å². The Kier molecular flexibility index (Phi) is 2.80. The Morgan fingerprint density at radius 3 is 2.67 bits per heavy atom. The molecule has 0 amide bonds. The van der Waals surface area contributed by atoms with Gasteiger partial charge in [0, 0.05) is 15.8 Å². The first-order valence-electron chi connectivity index (χ1n) is 5.35. The van der Waals surface area contributed by atoms with Gasteiger partial charge in [-0.15, -0.1) is 0 Å². The van der Waals surface area contributed by atoms with Crippen molar-refractivity contribution in [1.82, 2.24) is 4.98 Å². The normalized spacial score (nSPS) is 10.5. The molecule has 3 aromatic rings. The number of thiocarbonyl (C=S) groups is 1. The predicted octanol–water partition coefficient (Wildman–Crippen LogP) is 4.78. The van der Waals surface area contributed by atoms with Crippen LogP contribution in [-0.4, -0.2) is 10.1 Å². The van der Waals surface area contributed by atoms with Crippen molar-refractivity contribution >= 4 is 56.5 Å². The second-order valence-electron chi connectivity index (χ2n) is 3.84. The number of nitrogens with zero attached hydrogens (tertiary/aromatic N) is 2. The smallest absolute Gasteiger partial charge is 0.0928 e. The molecule has 0 aliphatic heterocycles. The number of halogens is 1. The highest BCUT2D eigenvalue weighted by Gasteiger charge is 2.08. The zero-order valence-corrected chi connectivity index (χ0v) is 10.8. The van der Waals surface area contributed by atoms with Crippen LogP contribution in [0.4, 0.5) is 5.69 Å². The Bertz CT molecular complexity index is 807. The van der Waals surface area contributed by atoms with Gasteiger partial charge in [0.2, 0.25) is 0 Å². The van der Waals surface area contributed by atoms with Gasteiger partial charge >= 0.3 is 0 Å². The number of benzene rings is 2. The summed E-state index contributed by atoms with van der Waals surface area (Å²) in [7, 11) is 0. The molecule has 0 aliphatic carbocycles. The van der Waals surface area contributed by atoms with E-state index in [0.717, 1.165) is 27.5 Å². The van der Waals surface area contributed by atoms with Crippen LogP contribution in [0.5, 0.6) is 0 Å². The van der Waals surface area contributed by atoms with Gasteiger partial charge < -0.3 is 0 Å². The van der Waals surface area contributed by atoms with Crippen LogP contribution >= 0.6 is 23.8 Å². The number of fused-ring (bicyclic) bond motifs is 2. The highest BCUT2D eigenvalue weighted by Crippen LogP contribution is 2.34. The Balaban J connectivity index is 2.59. The maximum atomic E-state index is 6.03. The molecule has 4 heteroatoms. The fraction of sp³-hybridized carbons (Fsp3) is 0. The van der Waals surface area contributed by atoms with Crippen molar-refractivity contribution in [2.45, 2.75) is 0 Å². The molecule has 0 fully saturated rings. The first-order valence-corrected chi connectivity index (χ1v) is 6.14. The van der Waals surface area contributed by atoms with Crippen LogP contribution < -0.4 is 0 Å². The van der Waals surface area contributed by atoms with Crippen molar-refractivity contribution in [2.75, 3.05) is 0 Å². The zero-order valence-electron chi connectivity index (χ0n) is 9.22. The van der Waals surface area contributed by atoms with E-state index in [-0.39, 0.29) is 0 Å². The third-order valence-electron chi connectivity index (χ3n) is 2.77. The highest BCUT2D eigenvalue weighted by molar-refractivity contribution is 7.78. The fourth-order valence-corrected chi connectivity index (χ4v) is 2.27. The summed E-state index contributed by atoms with van der Waals surface area (Å²) in [6, 6.07) is 13.4. The molecule has 0 aliphatic rings. The van der Waals surface area contributed by atoms with E-state index in [9.17, 15) is 0 Å². The fourth-order valence-electron chi connectivity index (χ4n) is 2.01. The molecule has 0 unspecified atom stereocenters. The summed E-state index contributed by atoms with van der Waals surface area (Å²) in [6.45, 7) is 0. The van der Waals surface area contributed by atoms with E-state index in [2.05, 4.69) is 15.1 Å². The molecule has 0 atom stereocenters. The second-order valence-corrected chi connectivity index (χ2v) is 4.46. The summed E-state index contributed by atoms with van der Waals surface area (Å²) in [4.78, 5) is 8.75. The lowest BCUT2D eigenvalue weighted by atomic mass is 10.1. The minimum atomic E-state index is 0.653. The monoisotopic (exact) mass is 270 g/mol. The van der Waals surface area contributed by atoms with Crippen LogP contribution in [0.1, 0.15) is 0 Å². The standard InChI is InChI=1S/C14H7ClN2S/c15-9-5-6-13-11(7-9)14(16-8-18)10-3-1-2-4-12(10)17-13/h1-7H. The van der Waals surface area contributed by atoms with Crippen LogP contribution in [-0.2, 0) is 0 Å². The molecule has 3 rings (SSSR count). The average molecular weight is 271 g/mol. The molecule has 0 N–H and O–H groups in total. The Hall–Kier alpha value is -1.80. The van der Waals surface area contributed by atoms with Crippen LogP contribution in [0.2, 0.25) is 5.02 Å². The number of hydrogen-bond acceptors (Lipinski definition) is 3. The minimum absolute atomic E-state index is 0.653.